The largest absolute Gasteiger partial charge is 0.397 e. The number of carbonyl (C=O) groups excluding carboxylic acids is 1. The molecule has 2 aromatic rings. The fraction of sp³-hybridized carbons (Fsp3) is 0.385. The van der Waals surface area contributed by atoms with Crippen molar-refractivity contribution in [3.63, 3.8) is 0 Å². The fourth-order valence-corrected chi connectivity index (χ4v) is 2.96. The molecule has 0 bridgehead atoms. The lowest BCUT2D eigenvalue weighted by atomic mass is 10.2. The van der Waals surface area contributed by atoms with Crippen LogP contribution >= 0.6 is 11.3 Å². The van der Waals surface area contributed by atoms with Crippen LogP contribution in [0.5, 0.6) is 0 Å². The van der Waals surface area contributed by atoms with Crippen molar-refractivity contribution in [3.8, 4) is 0 Å². The highest BCUT2D eigenvalue weighted by atomic mass is 32.1. The number of nitrogens with two attached hydrogens (primary N) is 1. The van der Waals surface area contributed by atoms with E-state index in [0.717, 1.165) is 29.1 Å². The lowest BCUT2D eigenvalue weighted by molar-refractivity contribution is 0.102. The average molecular weight is 263 g/mol. The Morgan fingerprint density at radius 3 is 2.61 bits per heavy atom. The van der Waals surface area contributed by atoms with Gasteiger partial charge in [0.25, 0.3) is 0 Å². The minimum absolute atomic E-state index is 0.000103. The second kappa shape index (κ2) is 4.94. The molecule has 0 aliphatic heterocycles. The molecule has 0 saturated carbocycles. The molecule has 96 valence electrons. The van der Waals surface area contributed by atoms with E-state index in [0.29, 0.717) is 10.6 Å². The first kappa shape index (κ1) is 12.8. The molecule has 0 aromatic carbocycles. The molecule has 0 amide bonds. The monoisotopic (exact) mass is 263 g/mol. The normalized spacial score (nSPS) is 10.8. The topological polar surface area (TPSA) is 59.2 Å². The Bertz CT molecular complexity index is 587. The van der Waals surface area contributed by atoms with Crippen LogP contribution in [0.25, 0.3) is 10.2 Å². The van der Waals surface area contributed by atoms with Crippen LogP contribution in [0, 0.1) is 0 Å². The van der Waals surface area contributed by atoms with Gasteiger partial charge in [-0.3, -0.25) is 4.79 Å². The van der Waals surface area contributed by atoms with E-state index in [-0.39, 0.29) is 5.78 Å². The number of aromatic nitrogens is 1. The van der Waals surface area contributed by atoms with E-state index < -0.39 is 0 Å². The van der Waals surface area contributed by atoms with Gasteiger partial charge in [0.1, 0.15) is 10.6 Å². The summed E-state index contributed by atoms with van der Waals surface area (Å²) in [5.41, 5.74) is 6.52. The van der Waals surface area contributed by atoms with E-state index in [1.807, 2.05) is 12.1 Å². The van der Waals surface area contributed by atoms with E-state index in [4.69, 9.17) is 5.73 Å². The zero-order chi connectivity index (χ0) is 13.3. The highest BCUT2D eigenvalue weighted by molar-refractivity contribution is 7.21. The highest BCUT2D eigenvalue weighted by Gasteiger charge is 2.15. The van der Waals surface area contributed by atoms with Crippen LogP contribution in [0.4, 0.5) is 11.5 Å². The first-order valence-electron chi connectivity index (χ1n) is 6.03. The smallest absolute Gasteiger partial charge is 0.171 e. The third kappa shape index (κ3) is 2.06. The molecule has 0 unspecified atom stereocenters. The number of carbonyl (C=O) groups is 1. The van der Waals surface area contributed by atoms with Crippen molar-refractivity contribution < 1.29 is 4.79 Å². The highest BCUT2D eigenvalue weighted by Crippen LogP contribution is 2.33. The molecule has 0 spiro atoms. The number of thiophene rings is 1. The van der Waals surface area contributed by atoms with Crippen molar-refractivity contribution in [2.75, 3.05) is 23.7 Å². The number of fused-ring (bicyclic) bond motifs is 1. The van der Waals surface area contributed by atoms with E-state index in [9.17, 15) is 4.79 Å². The molecular formula is C13H17N3OS. The molecular weight excluding hydrogens is 246 g/mol. The Balaban J connectivity index is 2.55. The van der Waals surface area contributed by atoms with Crippen molar-refractivity contribution in [1.29, 1.82) is 0 Å². The third-order valence-electron chi connectivity index (χ3n) is 2.99. The zero-order valence-electron chi connectivity index (χ0n) is 10.9. The van der Waals surface area contributed by atoms with Crippen molar-refractivity contribution in [1.82, 2.24) is 4.98 Å². The maximum atomic E-state index is 11.5. The minimum atomic E-state index is -0.000103. The van der Waals surface area contributed by atoms with Gasteiger partial charge in [-0.25, -0.2) is 4.98 Å². The van der Waals surface area contributed by atoms with Gasteiger partial charge in [0.05, 0.1) is 10.6 Å². The first-order valence-corrected chi connectivity index (χ1v) is 6.85. The molecule has 0 fully saturated rings. The number of Topliss-reactive ketones (excluding diaryl/α,β-unsaturated/α-hetero) is 1. The number of hydrogen-bond acceptors (Lipinski definition) is 5. The predicted octanol–water partition coefficient (Wildman–Crippen LogP) is 2.93. The molecule has 5 heteroatoms. The summed E-state index contributed by atoms with van der Waals surface area (Å²) in [6, 6.07) is 3.91. The second-order valence-electron chi connectivity index (χ2n) is 4.10. The first-order chi connectivity index (χ1) is 8.58. The van der Waals surface area contributed by atoms with Crippen molar-refractivity contribution >= 4 is 38.8 Å². The van der Waals surface area contributed by atoms with E-state index in [2.05, 4.69) is 23.7 Å². The van der Waals surface area contributed by atoms with Gasteiger partial charge in [-0.2, -0.15) is 0 Å². The Morgan fingerprint density at radius 2 is 2.06 bits per heavy atom. The Hall–Kier alpha value is -1.62. The molecule has 2 aromatic heterocycles. The number of pyridine rings is 1. The number of ketones is 1. The summed E-state index contributed by atoms with van der Waals surface area (Å²) >= 11 is 1.37. The van der Waals surface area contributed by atoms with Crippen molar-refractivity contribution in [2.24, 2.45) is 0 Å². The van der Waals surface area contributed by atoms with Gasteiger partial charge in [-0.1, -0.05) is 0 Å². The summed E-state index contributed by atoms with van der Waals surface area (Å²) in [7, 11) is 0. The van der Waals surface area contributed by atoms with Crippen LogP contribution < -0.4 is 10.6 Å². The summed E-state index contributed by atoms with van der Waals surface area (Å²) < 4.78 is 0. The third-order valence-corrected chi connectivity index (χ3v) is 4.20. The van der Waals surface area contributed by atoms with Gasteiger partial charge in [0, 0.05) is 25.4 Å². The molecule has 0 atom stereocenters. The Morgan fingerprint density at radius 1 is 1.39 bits per heavy atom. The van der Waals surface area contributed by atoms with Gasteiger partial charge in [-0.05, 0) is 26.0 Å². The molecule has 0 radical (unpaired) electrons. The van der Waals surface area contributed by atoms with E-state index in [1.54, 1.807) is 0 Å². The van der Waals surface area contributed by atoms with Crippen LogP contribution in [0.2, 0.25) is 0 Å². The van der Waals surface area contributed by atoms with Crippen molar-refractivity contribution in [2.45, 2.75) is 20.8 Å². The molecule has 2 rings (SSSR count). The number of anilines is 2. The molecule has 0 aliphatic rings. The molecule has 18 heavy (non-hydrogen) atoms. The minimum Gasteiger partial charge on any atom is -0.397 e. The molecule has 0 aliphatic carbocycles. The van der Waals surface area contributed by atoms with Gasteiger partial charge >= 0.3 is 0 Å². The Labute approximate surface area is 110 Å². The van der Waals surface area contributed by atoms with Gasteiger partial charge < -0.3 is 10.6 Å². The lowest BCUT2D eigenvalue weighted by Crippen LogP contribution is -2.22. The van der Waals surface area contributed by atoms with Gasteiger partial charge in [0.15, 0.2) is 5.78 Å². The number of nitrogen functional groups attached to an aromatic ring is 1. The van der Waals surface area contributed by atoms with Gasteiger partial charge in [-0.15, -0.1) is 11.3 Å². The fourth-order valence-electron chi connectivity index (χ4n) is 1.97. The lowest BCUT2D eigenvalue weighted by Gasteiger charge is -2.19. The second-order valence-corrected chi connectivity index (χ2v) is 5.09. The quantitative estimate of drug-likeness (QED) is 0.862. The summed E-state index contributed by atoms with van der Waals surface area (Å²) in [6.07, 6.45) is 0. The summed E-state index contributed by atoms with van der Waals surface area (Å²) in [5.74, 6) is 0.934. The maximum Gasteiger partial charge on any atom is 0.171 e. The molecule has 2 N–H and O–H groups in total. The number of nitrogens with zero attached hydrogens (tertiary/aromatic N) is 2. The van der Waals surface area contributed by atoms with E-state index >= 15 is 0 Å². The molecule has 2 heterocycles. The van der Waals surface area contributed by atoms with Gasteiger partial charge in [0.2, 0.25) is 0 Å². The Kier molecular flexibility index (Phi) is 3.52. The van der Waals surface area contributed by atoms with E-state index in [1.165, 1.54) is 18.3 Å². The standard InChI is InChI=1S/C13H17N3OS/c1-4-16(5-2)10-7-6-9-11(14)12(8(3)17)18-13(9)15-10/h6-7H,4-5,14H2,1-3H3. The number of rotatable bonds is 4. The van der Waals surface area contributed by atoms with Crippen LogP contribution in [0.15, 0.2) is 12.1 Å². The maximum absolute atomic E-state index is 11.5. The zero-order valence-corrected chi connectivity index (χ0v) is 11.7. The summed E-state index contributed by atoms with van der Waals surface area (Å²) in [5, 5.41) is 0.876. The summed E-state index contributed by atoms with van der Waals surface area (Å²) in [6.45, 7) is 7.55. The molecule has 0 saturated heterocycles. The SMILES string of the molecule is CCN(CC)c1ccc2c(N)c(C(C)=O)sc2n1. The van der Waals surface area contributed by atoms with Crippen molar-refractivity contribution in [3.05, 3.63) is 17.0 Å². The van der Waals surface area contributed by atoms with Crippen LogP contribution in [0.3, 0.4) is 0 Å². The number of hydrogen-bond donors (Lipinski definition) is 1. The average Bonchev–Trinajstić information content (AvgIpc) is 2.68. The van der Waals surface area contributed by atoms with Crippen LogP contribution in [-0.2, 0) is 0 Å². The molecule has 4 nitrogen and oxygen atoms in total. The van der Waals surface area contributed by atoms with Crippen LogP contribution in [-0.4, -0.2) is 23.9 Å². The predicted molar refractivity (Wildman–Crippen MR) is 77.6 cm³/mol. The summed E-state index contributed by atoms with van der Waals surface area (Å²) in [4.78, 5) is 19.7. The van der Waals surface area contributed by atoms with Crippen LogP contribution in [0.1, 0.15) is 30.4 Å².